The number of hydrogen-bond donors (Lipinski definition) is 3. The molecule has 0 aromatic carbocycles. The highest BCUT2D eigenvalue weighted by molar-refractivity contribution is 5.69. The maximum Gasteiger partial charge on any atom is 0.0965 e. The number of nitrogens with one attached hydrogen (secondary N) is 3. The molecule has 3 N–H and O–H groups in total. The number of unbranched alkanes of at least 4 members (excludes halogenated alkanes) is 3. The second-order valence-corrected chi connectivity index (χ2v) is 24.0. The number of hydrogen-bond acceptors (Lipinski definition) is 14. The highest BCUT2D eigenvalue weighted by Gasteiger charge is 2.37. The number of nitrogens with zero attached hydrogens (tertiary/aromatic N) is 4. The number of carbonyl (C=O) groups is 7. The third-order valence-electron chi connectivity index (χ3n) is 17.7. The minimum Gasteiger partial charge on any atom is -0.550 e. The maximum atomic E-state index is 10.7. The van der Waals surface area contributed by atoms with Gasteiger partial charge >= 0.3 is 0 Å². The summed E-state index contributed by atoms with van der Waals surface area (Å²) in [5, 5.41) is 72.0. The Morgan fingerprint density at radius 2 is 0.735 bits per heavy atom. The molecule has 2 aliphatic rings. The topological polar surface area (TPSA) is 294 Å². The van der Waals surface area contributed by atoms with Crippen molar-refractivity contribution in [3.63, 3.8) is 0 Å². The van der Waals surface area contributed by atoms with Crippen molar-refractivity contribution in [2.45, 2.75) is 197 Å². The fourth-order valence-electron chi connectivity index (χ4n) is 10.9. The van der Waals surface area contributed by atoms with E-state index in [-0.39, 0.29) is 56.0 Å². The van der Waals surface area contributed by atoms with Crippen LogP contribution in [0.5, 0.6) is 0 Å². The minimum absolute atomic E-state index is 0.176. The monoisotopic (exact) mass is 1190 g/mol. The Labute approximate surface area is 505 Å². The van der Waals surface area contributed by atoms with Crippen molar-refractivity contribution in [3.05, 3.63) is 0 Å². The van der Waals surface area contributed by atoms with Crippen LogP contribution in [0.1, 0.15) is 185 Å². The molecule has 4 atom stereocenters. The van der Waals surface area contributed by atoms with E-state index in [1.54, 1.807) is 0 Å². The minimum atomic E-state index is -0.945. The van der Waals surface area contributed by atoms with Gasteiger partial charge in [-0.2, -0.15) is 0 Å². The van der Waals surface area contributed by atoms with Crippen LogP contribution in [0.4, 0.5) is 0 Å². The number of carboxylic acid groups (broad SMARTS) is 7. The summed E-state index contributed by atoms with van der Waals surface area (Å²) in [6.07, 6.45) is 12.0. The van der Waals surface area contributed by atoms with Gasteiger partial charge in [0.2, 0.25) is 0 Å². The number of carboxylic acids is 7. The summed E-state index contributed by atoms with van der Waals surface area (Å²) in [5.74, 6) is -6.84. The molecule has 2 rings (SSSR count). The molecule has 494 valence electrons. The van der Waals surface area contributed by atoms with Crippen LogP contribution in [0, 0.1) is 11.8 Å². The summed E-state index contributed by atoms with van der Waals surface area (Å²) < 4.78 is 3.74. The zero-order valence-electron chi connectivity index (χ0n) is 56.1. The van der Waals surface area contributed by atoms with Gasteiger partial charge in [0.05, 0.1) is 190 Å². The fourth-order valence-corrected chi connectivity index (χ4v) is 10.9. The predicted octanol–water partition coefficient (Wildman–Crippen LogP) is -4.67. The lowest BCUT2D eigenvalue weighted by atomic mass is 10.0. The van der Waals surface area contributed by atoms with Crippen LogP contribution in [0.25, 0.3) is 0 Å². The molecule has 4 unspecified atom stereocenters. The van der Waals surface area contributed by atoms with Crippen molar-refractivity contribution in [2.24, 2.45) is 11.8 Å². The van der Waals surface area contributed by atoms with Crippen molar-refractivity contribution < 1.29 is 102 Å². The van der Waals surface area contributed by atoms with Crippen LogP contribution in [0.3, 0.4) is 0 Å². The van der Waals surface area contributed by atoms with Gasteiger partial charge < -0.3 is 102 Å². The van der Waals surface area contributed by atoms with E-state index in [4.69, 9.17) is 0 Å². The molecule has 2 saturated carbocycles. The first kappa shape index (κ1) is 87.8. The largest absolute Gasteiger partial charge is 0.550 e. The first-order valence-electron chi connectivity index (χ1n) is 31.9. The van der Waals surface area contributed by atoms with Crippen LogP contribution in [0.15, 0.2) is 0 Å². The van der Waals surface area contributed by atoms with Crippen molar-refractivity contribution in [3.8, 4) is 0 Å². The molecule has 2 aliphatic carbocycles. The molecule has 83 heavy (non-hydrogen) atoms. The maximum absolute atomic E-state index is 10.7. The summed E-state index contributed by atoms with van der Waals surface area (Å²) in [7, 11) is 14.3. The molecule has 2 fully saturated rings. The Morgan fingerprint density at radius 3 is 1.05 bits per heavy atom. The van der Waals surface area contributed by atoms with Gasteiger partial charge in [-0.25, -0.2) is 0 Å². The second kappa shape index (κ2) is 51.3. The summed E-state index contributed by atoms with van der Waals surface area (Å²) in [5.41, 5.74) is 0. The first-order valence-corrected chi connectivity index (χ1v) is 31.9. The molecular weight excluding hydrogens is 1070 g/mol. The van der Waals surface area contributed by atoms with Crippen molar-refractivity contribution in [1.82, 2.24) is 0 Å². The molecule has 0 radical (unpaired) electrons. The van der Waals surface area contributed by atoms with E-state index in [1.165, 1.54) is 14.7 Å². The summed E-state index contributed by atoms with van der Waals surface area (Å²) in [6.45, 7) is 39.7. The average molecular weight is 1190 g/mol. The Bertz CT molecular complexity index is 1660. The van der Waals surface area contributed by atoms with Gasteiger partial charge in [-0.15, -0.1) is 0 Å². The van der Waals surface area contributed by atoms with Crippen LogP contribution in [-0.2, 0) is 33.6 Å². The number of carbonyl (C=O) groups excluding carboxylic acids is 7. The smallest absolute Gasteiger partial charge is 0.0965 e. The quantitative estimate of drug-likeness (QED) is 0.0393. The van der Waals surface area contributed by atoms with Crippen molar-refractivity contribution >= 4 is 41.8 Å². The van der Waals surface area contributed by atoms with Crippen LogP contribution in [-0.4, -0.2) is 226 Å². The van der Waals surface area contributed by atoms with Crippen LogP contribution >= 0.6 is 0 Å². The lowest BCUT2D eigenvalue weighted by molar-refractivity contribution is -0.923. The summed E-state index contributed by atoms with van der Waals surface area (Å²) >= 11 is 0. The molecule has 0 amide bonds. The Balaban J connectivity index is -0.000000286. The number of aliphatic carboxylic acids is 7. The van der Waals surface area contributed by atoms with Crippen LogP contribution in [0.2, 0.25) is 0 Å². The number of rotatable bonds is 36. The molecule has 0 aliphatic heterocycles. The third-order valence-corrected chi connectivity index (χ3v) is 17.7. The van der Waals surface area contributed by atoms with E-state index in [1.807, 2.05) is 49.1 Å². The first-order chi connectivity index (χ1) is 38.7. The molecule has 0 aromatic rings. The van der Waals surface area contributed by atoms with Gasteiger partial charge in [-0.1, -0.05) is 0 Å². The Kier molecular flexibility index (Phi) is 54.2. The summed E-state index contributed by atoms with van der Waals surface area (Å²) in [6, 6.07) is 0.523. The molecule has 0 spiro atoms. The van der Waals surface area contributed by atoms with Crippen molar-refractivity contribution in [1.29, 1.82) is 0 Å². The van der Waals surface area contributed by atoms with E-state index < -0.39 is 41.8 Å². The van der Waals surface area contributed by atoms with Crippen molar-refractivity contribution in [2.75, 3.05) is 154 Å². The van der Waals surface area contributed by atoms with Gasteiger partial charge in [0.1, 0.15) is 0 Å². The van der Waals surface area contributed by atoms with E-state index in [9.17, 15) is 69.3 Å². The van der Waals surface area contributed by atoms with Gasteiger partial charge in [0.15, 0.2) is 0 Å². The van der Waals surface area contributed by atoms with Gasteiger partial charge in [-0.3, -0.25) is 0 Å². The lowest BCUT2D eigenvalue weighted by Crippen LogP contribution is -3.11. The predicted molar refractivity (Wildman–Crippen MR) is 314 cm³/mol. The summed E-state index contributed by atoms with van der Waals surface area (Å²) in [4.78, 5) is 76.0. The molecule has 0 bridgehead atoms. The van der Waals surface area contributed by atoms with Gasteiger partial charge in [0.25, 0.3) is 0 Å². The van der Waals surface area contributed by atoms with E-state index >= 15 is 0 Å². The Morgan fingerprint density at radius 1 is 0.386 bits per heavy atom. The van der Waals surface area contributed by atoms with Gasteiger partial charge in [-0.05, 0) is 153 Å². The highest BCUT2D eigenvalue weighted by Crippen LogP contribution is 2.31. The molecular formula is C62H127N7O14. The van der Waals surface area contributed by atoms with Crippen LogP contribution < -0.4 is 50.4 Å². The SMILES string of the molecule is CC[N+](CC)(CC)CCC(=O)[O-].CC[N+](CC)(CC)CCCC(=O)[O-].CC[N+](CC)(CC)CCCCC(=O)[O-].CC[NH+](CC)CCC(=O)[O-].C[N+](C)(C)C1CCCC1C(=O)[O-].C[NH+](C)C1CCCC1C(=O)[O-].C[NH+](C)CCCCCC(=O)[O-]. The van der Waals surface area contributed by atoms with E-state index in [0.29, 0.717) is 13.1 Å². The normalized spacial score (nSPS) is 16.6. The zero-order chi connectivity index (χ0) is 65.4. The molecule has 0 heterocycles. The molecule has 0 aromatic heterocycles. The van der Waals surface area contributed by atoms with E-state index in [0.717, 1.165) is 187 Å². The molecule has 21 nitrogen and oxygen atoms in total. The second-order valence-electron chi connectivity index (χ2n) is 24.0. The fraction of sp³-hybridized carbons (Fsp3) is 0.887. The number of quaternary nitrogens is 7. The van der Waals surface area contributed by atoms with E-state index in [2.05, 4.69) is 76.4 Å². The van der Waals surface area contributed by atoms with Gasteiger partial charge in [0, 0.05) is 62.0 Å². The Hall–Kier alpha value is -3.99. The third kappa shape index (κ3) is 46.0. The standard InChI is InChI=1S/C11H23NO2.C10H21NO2.C9H17NO2.C9H19NO2.C8H15NO2.C8H17NO2.C7H15NO2/c1-4-12(5-2,6-3)10-8-7-9-11(13)14;1-4-11(5-2,6-3)9-7-8-10(12)13;1-10(2,3)8-6-4-5-7(8)9(11)12;1-4-10(5-2,6-3)8-7-9(11)12;1-9(2)7-5-3-4-6(7)8(10)11;1-9(2)7-5-3-4-6-8(10)11;1-3-8(4-2)6-5-7(9)10/h4-10H2,1-3H3;4-9H2,1-3H3;7-8H,4-6H2,1-3H3;4-8H2,1-3H3;6-7H,3-5H2,1-2H3,(H,10,11);3-7H2,1-2H3,(H,10,11);3-6H2,1-2H3,(H,9,10). The molecule has 0 saturated heterocycles. The molecule has 21 heteroatoms. The highest BCUT2D eigenvalue weighted by atomic mass is 16.4. The lowest BCUT2D eigenvalue weighted by Gasteiger charge is -2.35. The zero-order valence-corrected chi connectivity index (χ0v) is 56.1. The average Bonchev–Trinajstić information content (AvgIpc) is 4.18.